The molecule has 6 atom stereocenters. The highest BCUT2D eigenvalue weighted by molar-refractivity contribution is 7.86. The normalized spacial score (nSPS) is 30.1. The van der Waals surface area contributed by atoms with Gasteiger partial charge in [-0.15, -0.1) is 0 Å². The van der Waals surface area contributed by atoms with Crippen molar-refractivity contribution in [3.05, 3.63) is 95.6 Å². The third-order valence-corrected chi connectivity index (χ3v) is 10.6. The molecule has 0 bridgehead atoms. The van der Waals surface area contributed by atoms with Crippen molar-refractivity contribution in [2.24, 2.45) is 17.3 Å². The molecule has 3 aromatic carbocycles. The number of ketones is 1. The van der Waals surface area contributed by atoms with E-state index in [1.54, 1.807) is 0 Å². The molecule has 4 heteroatoms. The maximum atomic E-state index is 13.6. The summed E-state index contributed by atoms with van der Waals surface area (Å²) >= 11 is 0. The first-order chi connectivity index (χ1) is 17.0. The Morgan fingerprint density at radius 2 is 1.71 bits per heavy atom. The van der Waals surface area contributed by atoms with E-state index in [1.807, 2.05) is 48.5 Å². The van der Waals surface area contributed by atoms with Crippen molar-refractivity contribution in [2.45, 2.75) is 61.7 Å². The van der Waals surface area contributed by atoms with E-state index in [2.05, 4.69) is 37.3 Å². The van der Waals surface area contributed by atoms with Gasteiger partial charge in [0.2, 0.25) is 0 Å². The van der Waals surface area contributed by atoms with Crippen LogP contribution >= 0.6 is 0 Å². The first-order valence-corrected chi connectivity index (χ1v) is 14.1. The Labute approximate surface area is 210 Å². The lowest BCUT2D eigenvalue weighted by Gasteiger charge is -2.48. The van der Waals surface area contributed by atoms with E-state index in [4.69, 9.17) is 4.74 Å². The van der Waals surface area contributed by atoms with Gasteiger partial charge in [-0.2, -0.15) is 0 Å². The van der Waals surface area contributed by atoms with Crippen molar-refractivity contribution >= 4 is 16.6 Å². The van der Waals surface area contributed by atoms with Crippen molar-refractivity contribution in [1.29, 1.82) is 0 Å². The molecule has 3 aromatic rings. The fraction of sp³-hybridized carbons (Fsp3) is 0.387. The van der Waals surface area contributed by atoms with Crippen molar-refractivity contribution < 1.29 is 13.7 Å². The molecule has 0 N–H and O–H groups in total. The van der Waals surface area contributed by atoms with Crippen molar-refractivity contribution in [1.82, 2.24) is 0 Å². The summed E-state index contributed by atoms with van der Waals surface area (Å²) in [6, 6.07) is 26.4. The van der Waals surface area contributed by atoms with E-state index in [1.165, 1.54) is 16.7 Å². The fourth-order valence-electron chi connectivity index (χ4n) is 7.06. The van der Waals surface area contributed by atoms with E-state index in [9.17, 15) is 9.00 Å². The van der Waals surface area contributed by atoms with Crippen LogP contribution in [0.5, 0.6) is 5.75 Å². The lowest BCUT2D eigenvalue weighted by Crippen LogP contribution is -2.43. The van der Waals surface area contributed by atoms with Gasteiger partial charge in [0.05, 0.1) is 16.0 Å². The maximum Gasteiger partial charge on any atom is 0.154 e. The van der Waals surface area contributed by atoms with Crippen molar-refractivity contribution in [3.8, 4) is 5.75 Å². The van der Waals surface area contributed by atoms with Crippen molar-refractivity contribution in [3.63, 3.8) is 0 Å². The predicted octanol–water partition coefficient (Wildman–Crippen LogP) is 6.48. The Bertz CT molecular complexity index is 1250. The number of Topliss-reactive ketones (excluding diaryl/α,β-unsaturated/α-hetero) is 1. The number of aryl methyl sites for hydroxylation is 1. The third kappa shape index (κ3) is 3.96. The molecule has 180 valence electrons. The van der Waals surface area contributed by atoms with Gasteiger partial charge in [0, 0.05) is 10.3 Å². The Morgan fingerprint density at radius 1 is 0.971 bits per heavy atom. The zero-order valence-electron chi connectivity index (χ0n) is 20.2. The Hall–Kier alpha value is -2.72. The lowest BCUT2D eigenvalue weighted by molar-refractivity contribution is -0.129. The Morgan fingerprint density at radius 3 is 2.49 bits per heavy atom. The topological polar surface area (TPSA) is 43.4 Å². The molecule has 3 aliphatic rings. The average molecular weight is 485 g/mol. The van der Waals surface area contributed by atoms with Crippen LogP contribution in [0.4, 0.5) is 0 Å². The maximum absolute atomic E-state index is 13.6. The summed E-state index contributed by atoms with van der Waals surface area (Å²) < 4.78 is 19.5. The van der Waals surface area contributed by atoms with Crippen LogP contribution in [0.1, 0.15) is 55.2 Å². The van der Waals surface area contributed by atoms with E-state index < -0.39 is 10.8 Å². The molecule has 6 rings (SSSR count). The summed E-state index contributed by atoms with van der Waals surface area (Å²) in [6.07, 6.45) is 4.80. The summed E-state index contributed by atoms with van der Waals surface area (Å²) in [5.74, 6) is 2.45. The third-order valence-electron chi connectivity index (χ3n) is 8.89. The standard InChI is InChI=1S/C31H32O3S/c1-31-17-16-26-25-15-13-23(34-20-21-8-4-2-5-9-21)18-22(25)12-14-27(26)28(31)19-29(30(31)32)35(33)24-10-6-3-7-11-24/h2-11,13,15,18,26-29H,12,14,16-17,19-20H2,1H3/t26?,27?,28?,29?,31-,35?/m0/s1. The molecule has 2 saturated carbocycles. The monoisotopic (exact) mass is 484 g/mol. The van der Waals surface area contributed by atoms with Crippen LogP contribution in [0.2, 0.25) is 0 Å². The molecule has 0 aliphatic heterocycles. The second-order valence-electron chi connectivity index (χ2n) is 10.7. The number of ether oxygens (including phenoxy) is 1. The van der Waals surface area contributed by atoms with Crippen molar-refractivity contribution in [2.75, 3.05) is 0 Å². The molecule has 0 amide bonds. The number of hydrogen-bond donors (Lipinski definition) is 0. The summed E-state index contributed by atoms with van der Waals surface area (Å²) in [5, 5.41) is -0.374. The number of carbonyl (C=O) groups excluding carboxylic acids is 1. The van der Waals surface area contributed by atoms with Gasteiger partial charge in [-0.25, -0.2) is 0 Å². The molecule has 3 aliphatic carbocycles. The highest BCUT2D eigenvalue weighted by atomic mass is 32.2. The Balaban J connectivity index is 1.21. The van der Waals surface area contributed by atoms with Gasteiger partial charge in [-0.3, -0.25) is 9.00 Å². The quantitative estimate of drug-likeness (QED) is 0.416. The first-order valence-electron chi connectivity index (χ1n) is 12.8. The predicted molar refractivity (Wildman–Crippen MR) is 139 cm³/mol. The Kier molecular flexibility index (Phi) is 5.88. The molecular weight excluding hydrogens is 452 g/mol. The minimum atomic E-state index is -1.28. The summed E-state index contributed by atoms with van der Waals surface area (Å²) in [6.45, 7) is 2.74. The molecule has 0 saturated heterocycles. The van der Waals surface area contributed by atoms with Crippen LogP contribution in [0, 0.1) is 17.3 Å². The first kappa shape index (κ1) is 22.7. The number of carbonyl (C=O) groups is 1. The lowest BCUT2D eigenvalue weighted by atomic mass is 9.55. The van der Waals surface area contributed by atoms with Gasteiger partial charge >= 0.3 is 0 Å². The molecule has 0 heterocycles. The van der Waals surface area contributed by atoms with Crippen LogP contribution in [0.3, 0.4) is 0 Å². The molecule has 5 unspecified atom stereocenters. The molecule has 35 heavy (non-hydrogen) atoms. The van der Waals surface area contributed by atoms with Gasteiger partial charge in [0.15, 0.2) is 5.78 Å². The summed E-state index contributed by atoms with van der Waals surface area (Å²) in [7, 11) is -1.28. The fourth-order valence-corrected chi connectivity index (χ4v) is 8.66. The van der Waals surface area contributed by atoms with Crippen LogP contribution < -0.4 is 4.74 Å². The zero-order chi connectivity index (χ0) is 24.0. The minimum Gasteiger partial charge on any atom is -0.489 e. The summed E-state index contributed by atoms with van der Waals surface area (Å²) in [4.78, 5) is 14.4. The molecule has 2 fully saturated rings. The largest absolute Gasteiger partial charge is 0.489 e. The molecule has 3 nitrogen and oxygen atoms in total. The number of rotatable bonds is 5. The van der Waals surface area contributed by atoms with E-state index in [0.29, 0.717) is 24.4 Å². The minimum absolute atomic E-state index is 0.235. The molecular formula is C31H32O3S. The molecule has 0 spiro atoms. The van der Waals surface area contributed by atoms with Crippen LogP contribution in [0.15, 0.2) is 83.8 Å². The molecule has 0 aromatic heterocycles. The second kappa shape index (κ2) is 9.05. The number of fused-ring (bicyclic) bond motifs is 5. The smallest absolute Gasteiger partial charge is 0.154 e. The summed E-state index contributed by atoms with van der Waals surface area (Å²) in [5.41, 5.74) is 3.67. The van der Waals surface area contributed by atoms with Gasteiger partial charge in [0.1, 0.15) is 12.4 Å². The van der Waals surface area contributed by atoms with Crippen LogP contribution in [-0.2, 0) is 28.6 Å². The highest BCUT2D eigenvalue weighted by Crippen LogP contribution is 2.60. The number of benzene rings is 3. The average Bonchev–Trinajstić information content (AvgIpc) is 3.18. The van der Waals surface area contributed by atoms with E-state index in [-0.39, 0.29) is 16.4 Å². The van der Waals surface area contributed by atoms with Crippen LogP contribution in [-0.4, -0.2) is 15.2 Å². The van der Waals surface area contributed by atoms with Gasteiger partial charge in [-0.05, 0) is 90.8 Å². The molecule has 0 radical (unpaired) electrons. The second-order valence-corrected chi connectivity index (χ2v) is 12.3. The van der Waals surface area contributed by atoms with E-state index >= 15 is 0 Å². The number of hydrogen-bond acceptors (Lipinski definition) is 3. The van der Waals surface area contributed by atoms with Gasteiger partial charge in [-0.1, -0.05) is 61.5 Å². The highest BCUT2D eigenvalue weighted by Gasteiger charge is 2.59. The van der Waals surface area contributed by atoms with Gasteiger partial charge in [0.25, 0.3) is 0 Å². The SMILES string of the molecule is C[C@]12CCC3c4ccc(OCc5ccccc5)cc4CCC3C1CC(S(=O)c1ccccc1)C2=O. The van der Waals surface area contributed by atoms with Gasteiger partial charge < -0.3 is 4.74 Å². The van der Waals surface area contributed by atoms with Crippen LogP contribution in [0.25, 0.3) is 0 Å². The zero-order valence-corrected chi connectivity index (χ0v) is 21.0. The van der Waals surface area contributed by atoms with E-state index in [0.717, 1.165) is 42.7 Å².